The van der Waals surface area contributed by atoms with E-state index in [9.17, 15) is 9.18 Å². The highest BCUT2D eigenvalue weighted by Crippen LogP contribution is 2.42. The number of aromatic amines is 1. The molecule has 4 heterocycles. The first-order valence-corrected chi connectivity index (χ1v) is 11.9. The summed E-state index contributed by atoms with van der Waals surface area (Å²) >= 11 is 0. The summed E-state index contributed by atoms with van der Waals surface area (Å²) in [5, 5.41) is 10.4. The van der Waals surface area contributed by atoms with Crippen LogP contribution in [0.25, 0.3) is 0 Å². The molecule has 0 saturated carbocycles. The minimum Gasteiger partial charge on any atom is -0.463 e. The second kappa shape index (κ2) is 9.94. The van der Waals surface area contributed by atoms with Gasteiger partial charge in [-0.1, -0.05) is 0 Å². The number of fused-ring (bicyclic) bond motifs is 1. The first-order chi connectivity index (χ1) is 16.6. The molecule has 2 N–H and O–H groups in total. The number of hydrogen-bond acceptors (Lipinski definition) is 8. The van der Waals surface area contributed by atoms with Crippen LogP contribution in [0.4, 0.5) is 20.8 Å². The third kappa shape index (κ3) is 4.90. The molecule has 4 rings (SSSR count). The second-order valence-electron chi connectivity index (χ2n) is 9.81. The molecular weight excluding hydrogens is 455 g/mol. The molecule has 2 aromatic rings. The van der Waals surface area contributed by atoms with Gasteiger partial charge in [-0.25, -0.2) is 14.2 Å². The van der Waals surface area contributed by atoms with Gasteiger partial charge in [0.05, 0.1) is 30.6 Å². The van der Waals surface area contributed by atoms with Gasteiger partial charge in [-0.3, -0.25) is 10.00 Å². The van der Waals surface area contributed by atoms with E-state index in [0.717, 1.165) is 24.0 Å². The Morgan fingerprint density at radius 1 is 1.26 bits per heavy atom. The Balaban J connectivity index is 1.51. The highest BCUT2D eigenvalue weighted by Gasteiger charge is 2.46. The first-order valence-electron chi connectivity index (χ1n) is 11.9. The lowest BCUT2D eigenvalue weighted by atomic mass is 10.0. The van der Waals surface area contributed by atoms with Crippen LogP contribution in [0.15, 0.2) is 6.20 Å². The smallest absolute Gasteiger partial charge is 0.321 e. The molecule has 2 aromatic heterocycles. The normalized spacial score (nSPS) is 21.8. The zero-order valence-corrected chi connectivity index (χ0v) is 21.3. The van der Waals surface area contributed by atoms with Crippen molar-refractivity contribution in [3.63, 3.8) is 0 Å². The van der Waals surface area contributed by atoms with Gasteiger partial charge in [-0.15, -0.1) is 0 Å². The average Bonchev–Trinajstić information content (AvgIpc) is 3.33. The molecule has 35 heavy (non-hydrogen) atoms. The lowest BCUT2D eigenvalue weighted by Crippen LogP contribution is -2.60. The number of carbonyl (C=O) groups is 1. The molecule has 0 bridgehead atoms. The fourth-order valence-electron chi connectivity index (χ4n) is 4.63. The molecule has 0 unspecified atom stereocenters. The van der Waals surface area contributed by atoms with Crippen molar-refractivity contribution in [3.05, 3.63) is 23.3 Å². The van der Waals surface area contributed by atoms with Gasteiger partial charge in [0.15, 0.2) is 17.5 Å². The number of H-pyrrole nitrogens is 1. The van der Waals surface area contributed by atoms with Crippen LogP contribution < -0.4 is 10.1 Å². The van der Waals surface area contributed by atoms with Crippen LogP contribution in [0.3, 0.4) is 0 Å². The van der Waals surface area contributed by atoms with Gasteiger partial charge < -0.3 is 24.6 Å². The summed E-state index contributed by atoms with van der Waals surface area (Å²) in [6.45, 7) is 10.9. The minimum absolute atomic E-state index is 0.0158. The number of nitrogens with one attached hydrogen (secondary N) is 2. The number of methoxy groups -OCH3 is 1. The Morgan fingerprint density at radius 3 is 2.77 bits per heavy atom. The maximum absolute atomic E-state index is 14.5. The van der Waals surface area contributed by atoms with Crippen molar-refractivity contribution in [2.24, 2.45) is 0 Å². The van der Waals surface area contributed by atoms with Crippen LogP contribution in [0, 0.1) is 5.82 Å². The predicted octanol–water partition coefficient (Wildman–Crippen LogP) is 2.69. The number of aromatic nitrogens is 4. The van der Waals surface area contributed by atoms with E-state index >= 15 is 0 Å². The van der Waals surface area contributed by atoms with Gasteiger partial charge in [-0.2, -0.15) is 10.1 Å². The van der Waals surface area contributed by atoms with Crippen LogP contribution in [0.5, 0.6) is 6.01 Å². The maximum atomic E-state index is 14.5. The van der Waals surface area contributed by atoms with Gasteiger partial charge in [0, 0.05) is 50.9 Å². The van der Waals surface area contributed by atoms with Crippen LogP contribution in [-0.4, -0.2) is 93.4 Å². The third-order valence-corrected chi connectivity index (χ3v) is 6.93. The number of anilines is 2. The number of ether oxygens (including phenoxy) is 2. The van der Waals surface area contributed by atoms with Crippen LogP contribution >= 0.6 is 0 Å². The summed E-state index contributed by atoms with van der Waals surface area (Å²) in [5.74, 6) is -0.248. The van der Waals surface area contributed by atoms with E-state index in [2.05, 4.69) is 51.3 Å². The number of urea groups is 1. The Labute approximate surface area is 205 Å². The molecule has 1 saturated heterocycles. The van der Waals surface area contributed by atoms with E-state index in [0.29, 0.717) is 38.5 Å². The van der Waals surface area contributed by atoms with Crippen molar-refractivity contribution >= 4 is 17.7 Å². The molecule has 0 aliphatic carbocycles. The predicted molar refractivity (Wildman–Crippen MR) is 128 cm³/mol. The average molecular weight is 491 g/mol. The van der Waals surface area contributed by atoms with Crippen molar-refractivity contribution in [3.8, 4) is 6.01 Å². The number of nitrogens with zero attached hydrogens (tertiary/aromatic N) is 6. The van der Waals surface area contributed by atoms with Crippen molar-refractivity contribution in [2.75, 3.05) is 45.8 Å². The van der Waals surface area contributed by atoms with Gasteiger partial charge in [0.2, 0.25) is 0 Å². The number of amides is 2. The molecule has 2 aliphatic heterocycles. The fraction of sp³-hybridized carbons (Fsp3) is 0.652. The molecule has 11 nitrogen and oxygen atoms in total. The van der Waals surface area contributed by atoms with Gasteiger partial charge in [0.25, 0.3) is 0 Å². The Bertz CT molecular complexity index is 1060. The molecule has 0 aromatic carbocycles. The zero-order chi connectivity index (χ0) is 25.3. The third-order valence-electron chi connectivity index (χ3n) is 6.93. The van der Waals surface area contributed by atoms with Crippen molar-refractivity contribution in [1.82, 2.24) is 34.9 Å². The highest BCUT2D eigenvalue weighted by atomic mass is 19.1. The lowest BCUT2D eigenvalue weighted by molar-refractivity contribution is 0.0457. The van der Waals surface area contributed by atoms with Crippen LogP contribution in [0.2, 0.25) is 0 Å². The zero-order valence-electron chi connectivity index (χ0n) is 21.3. The topological polar surface area (TPSA) is 112 Å². The summed E-state index contributed by atoms with van der Waals surface area (Å²) in [5.41, 5.74) is 1.01. The molecule has 1 fully saturated rings. The van der Waals surface area contributed by atoms with Crippen LogP contribution in [0.1, 0.15) is 45.4 Å². The molecule has 2 amide bonds. The second-order valence-corrected chi connectivity index (χ2v) is 9.81. The molecule has 2 aliphatic rings. The number of carbonyl (C=O) groups excluding carboxylic acids is 1. The lowest BCUT2D eigenvalue weighted by Gasteiger charge is -2.45. The summed E-state index contributed by atoms with van der Waals surface area (Å²) in [6, 6.07) is 0.432. The summed E-state index contributed by atoms with van der Waals surface area (Å²) < 4.78 is 25.0. The number of piperazine rings is 1. The molecular formula is C23H35FN8O3. The summed E-state index contributed by atoms with van der Waals surface area (Å²) in [7, 11) is 3.69. The van der Waals surface area contributed by atoms with Crippen molar-refractivity contribution < 1.29 is 18.7 Å². The maximum Gasteiger partial charge on any atom is 0.321 e. The Morgan fingerprint density at radius 2 is 2.03 bits per heavy atom. The first kappa shape index (κ1) is 25.1. The number of likely N-dealkylation sites (N-methyl/N-ethyl adjacent to an activating group) is 1. The minimum atomic E-state index is -0.628. The van der Waals surface area contributed by atoms with E-state index in [1.165, 1.54) is 0 Å². The van der Waals surface area contributed by atoms with Crippen molar-refractivity contribution in [1.29, 1.82) is 0 Å². The molecule has 2 atom stereocenters. The highest BCUT2D eigenvalue weighted by molar-refractivity contribution is 5.78. The summed E-state index contributed by atoms with van der Waals surface area (Å²) in [6.07, 6.45) is 1.72. The van der Waals surface area contributed by atoms with Gasteiger partial charge in [-0.05, 0) is 34.7 Å². The largest absolute Gasteiger partial charge is 0.463 e. The Kier molecular flexibility index (Phi) is 7.13. The monoisotopic (exact) mass is 490 g/mol. The number of halogens is 1. The molecule has 12 heteroatoms. The van der Waals surface area contributed by atoms with Crippen LogP contribution in [-0.2, 0) is 16.8 Å². The Hall–Kier alpha value is -2.99. The summed E-state index contributed by atoms with van der Waals surface area (Å²) in [4.78, 5) is 27.7. The van der Waals surface area contributed by atoms with Gasteiger partial charge >= 0.3 is 12.0 Å². The van der Waals surface area contributed by atoms with E-state index in [1.807, 2.05) is 23.6 Å². The molecule has 0 spiro atoms. The van der Waals surface area contributed by atoms with Gasteiger partial charge in [0.1, 0.15) is 0 Å². The number of rotatable bonds is 7. The SMILES string of the molecule is COCCCOc1ncc(F)c(Nc2n[nH]c3c2CN(C(=O)N2C[C@@H](C)N(C)C[C@@H]2C)C3(C)C)n1. The fourth-order valence-corrected chi connectivity index (χ4v) is 4.63. The molecule has 0 radical (unpaired) electrons. The number of hydrogen-bond donors (Lipinski definition) is 2. The van der Waals surface area contributed by atoms with E-state index in [1.54, 1.807) is 7.11 Å². The van der Waals surface area contributed by atoms with Crippen molar-refractivity contribution in [2.45, 2.75) is 58.3 Å². The quantitative estimate of drug-likeness (QED) is 0.570. The van der Waals surface area contributed by atoms with E-state index < -0.39 is 11.4 Å². The van der Waals surface area contributed by atoms with E-state index in [-0.39, 0.29) is 29.9 Å². The standard InChI is InChI=1S/C23H35FN8O3/c1-14-12-31(15(2)11-30(14)5)22(33)32-13-16-18(23(32,3)4)28-29-19(16)26-20-17(24)10-25-21(27-20)35-9-7-8-34-6/h10,14-15H,7-9,11-13H2,1-6H3,(H2,25,26,27,28,29)/t14-,15+/m1/s1. The van der Waals surface area contributed by atoms with E-state index in [4.69, 9.17) is 9.47 Å². The molecule has 192 valence electrons.